The van der Waals surface area contributed by atoms with Gasteiger partial charge in [-0.3, -0.25) is 10.8 Å². The summed E-state index contributed by atoms with van der Waals surface area (Å²) in [4.78, 5) is 20.2. The number of guanidine groups is 2. The molecule has 26 heavy (non-hydrogen) atoms. The molecule has 0 radical (unpaired) electrons. The van der Waals surface area contributed by atoms with E-state index in [1.54, 1.807) is 0 Å². The summed E-state index contributed by atoms with van der Waals surface area (Å²) in [7, 11) is 0. The average Bonchev–Trinajstić information content (AvgIpc) is 2.47. The van der Waals surface area contributed by atoms with E-state index >= 15 is 0 Å². The van der Waals surface area contributed by atoms with Crippen LogP contribution in [0.2, 0.25) is 0 Å². The zero-order valence-corrected chi connectivity index (χ0v) is 15.2. The van der Waals surface area contributed by atoms with Crippen LogP contribution in [0.3, 0.4) is 0 Å². The summed E-state index contributed by atoms with van der Waals surface area (Å²) < 4.78 is 0. The van der Waals surface area contributed by atoms with Crippen LogP contribution in [0.1, 0.15) is 33.1 Å². The van der Waals surface area contributed by atoms with E-state index in [1.807, 2.05) is 0 Å². The minimum atomic E-state index is -1.25. The first kappa shape index (κ1) is 31.8. The normalized spacial score (nSPS) is 11.2. The fourth-order valence-corrected chi connectivity index (χ4v) is 1.33. The maximum atomic E-state index is 10.1. The quantitative estimate of drug-likeness (QED) is 0.0656. The Morgan fingerprint density at radius 1 is 0.846 bits per heavy atom. The predicted molar refractivity (Wildman–Crippen MR) is 91.0 cm³/mol. The first-order valence-corrected chi connectivity index (χ1v) is 7.16. The van der Waals surface area contributed by atoms with Gasteiger partial charge in [-0.05, 0) is 25.7 Å². The summed E-state index contributed by atoms with van der Waals surface area (Å²) in [5, 5.41) is 38.8. The summed E-state index contributed by atoms with van der Waals surface area (Å²) in [6.45, 7) is 0.909. The Bertz CT molecular complexity index is 387. The zero-order chi connectivity index (χ0) is 19.1. The molecular weight excluding hydrogens is 439 g/mol. The Morgan fingerprint density at radius 3 is 1.31 bits per heavy atom. The second kappa shape index (κ2) is 19.4. The molecule has 0 heterocycles. The Kier molecular flexibility index (Phi) is 23.7. The molecule has 0 aromatic rings. The number of carbonyl (C=O) groups excluding carboxylic acids is 2. The molecule has 0 amide bonds. The third kappa shape index (κ3) is 24.3. The predicted octanol–water partition coefficient (Wildman–Crippen LogP) is -4.71. The van der Waals surface area contributed by atoms with E-state index < -0.39 is 24.0 Å². The molecule has 0 aromatic carbocycles. The van der Waals surface area contributed by atoms with E-state index in [-0.39, 0.29) is 39.8 Å². The van der Waals surface area contributed by atoms with Gasteiger partial charge >= 0.3 is 20.4 Å². The molecule has 156 valence electrons. The molecular formula is C13H30N8O4Pd. The van der Waals surface area contributed by atoms with E-state index in [1.165, 1.54) is 0 Å². The molecule has 0 saturated carbocycles. The van der Waals surface area contributed by atoms with Gasteiger partial charge in [0.2, 0.25) is 0 Å². The third-order valence-corrected chi connectivity index (χ3v) is 2.62. The van der Waals surface area contributed by atoms with Gasteiger partial charge in [0.25, 0.3) is 0 Å². The number of nitrogens with one attached hydrogen (secondary N) is 4. The molecule has 12 nitrogen and oxygen atoms in total. The summed E-state index contributed by atoms with van der Waals surface area (Å²) >= 11 is 0. The molecule has 0 aliphatic rings. The van der Waals surface area contributed by atoms with Crippen molar-refractivity contribution in [2.75, 3.05) is 13.1 Å². The third-order valence-electron chi connectivity index (χ3n) is 2.62. The van der Waals surface area contributed by atoms with E-state index in [0.717, 1.165) is 0 Å². The van der Waals surface area contributed by atoms with Gasteiger partial charge in [-0.15, -0.1) is 0 Å². The molecule has 0 spiro atoms. The van der Waals surface area contributed by atoms with Gasteiger partial charge < -0.3 is 53.4 Å². The molecule has 0 rings (SSSR count). The standard InChI is InChI=1S/2C6H14N4O2.CH4.Pd/c2*7-4(5(11)12)2-1-3-10-6(8)9;;/h2*4H,1-3,7H2,(H,11,12)(H4,8,9,10);1H4;/q;;;+2/p-2/t2*4-;;/m00../s1. The number of hydrogen-bond acceptors (Lipinski definition) is 8. The number of aliphatic carboxylic acids is 2. The van der Waals surface area contributed by atoms with Crippen LogP contribution in [0.4, 0.5) is 0 Å². The van der Waals surface area contributed by atoms with Gasteiger partial charge in [0.05, 0.1) is 11.9 Å². The summed E-state index contributed by atoms with van der Waals surface area (Å²) in [6, 6.07) is -1.86. The topological polar surface area (TPSA) is 256 Å². The van der Waals surface area contributed by atoms with Gasteiger partial charge in [0, 0.05) is 25.2 Å². The van der Waals surface area contributed by atoms with Gasteiger partial charge in [-0.1, -0.05) is 7.43 Å². The fourth-order valence-electron chi connectivity index (χ4n) is 1.33. The van der Waals surface area contributed by atoms with E-state index in [4.69, 9.17) is 33.8 Å². The molecule has 0 aliphatic heterocycles. The summed E-state index contributed by atoms with van der Waals surface area (Å²) in [5.41, 5.74) is 20.3. The maximum Gasteiger partial charge on any atom is 2.00 e. The van der Waals surface area contributed by atoms with Crippen molar-refractivity contribution < 1.29 is 40.2 Å². The fraction of sp³-hybridized carbons (Fsp3) is 0.692. The van der Waals surface area contributed by atoms with Gasteiger partial charge in [0.15, 0.2) is 11.9 Å². The minimum Gasteiger partial charge on any atom is -0.548 e. The monoisotopic (exact) mass is 468 g/mol. The van der Waals surface area contributed by atoms with Crippen molar-refractivity contribution in [2.24, 2.45) is 22.9 Å². The SMILES string of the molecule is C.N=C(N)NCCC[C@H](N)C(=O)[O-].N=C(N)NCCC[C@H](N)C(=O)[O-].[Pd+2]. The smallest absolute Gasteiger partial charge is 0.548 e. The van der Waals surface area contributed by atoms with Crippen LogP contribution >= 0.6 is 0 Å². The largest absolute Gasteiger partial charge is 2.00 e. The number of carbonyl (C=O) groups is 2. The average molecular weight is 469 g/mol. The minimum absolute atomic E-state index is 0. The Balaban J connectivity index is -0.000000173. The van der Waals surface area contributed by atoms with Gasteiger partial charge in [-0.25, -0.2) is 0 Å². The van der Waals surface area contributed by atoms with Crippen molar-refractivity contribution >= 4 is 23.9 Å². The zero-order valence-electron chi connectivity index (χ0n) is 13.7. The van der Waals surface area contributed by atoms with Crippen LogP contribution < -0.4 is 43.8 Å². The Labute approximate surface area is 167 Å². The summed E-state index contributed by atoms with van der Waals surface area (Å²) in [5.74, 6) is -2.76. The van der Waals surface area contributed by atoms with E-state index in [2.05, 4.69) is 10.6 Å². The molecule has 0 fully saturated rings. The number of carboxylic acids is 2. The van der Waals surface area contributed by atoms with Crippen LogP contribution in [-0.4, -0.2) is 49.0 Å². The molecule has 13 heteroatoms. The first-order valence-electron chi connectivity index (χ1n) is 7.16. The molecule has 0 aliphatic carbocycles. The number of hydrogen-bond donors (Lipinski definition) is 8. The van der Waals surface area contributed by atoms with Crippen molar-refractivity contribution in [3.05, 3.63) is 0 Å². The van der Waals surface area contributed by atoms with Crippen LogP contribution in [0.15, 0.2) is 0 Å². The van der Waals surface area contributed by atoms with Crippen LogP contribution in [0, 0.1) is 10.8 Å². The Hall–Kier alpha value is -1.94. The van der Waals surface area contributed by atoms with E-state index in [0.29, 0.717) is 38.8 Å². The van der Waals surface area contributed by atoms with Crippen molar-refractivity contribution in [1.82, 2.24) is 10.6 Å². The van der Waals surface area contributed by atoms with Crippen molar-refractivity contribution in [3.63, 3.8) is 0 Å². The van der Waals surface area contributed by atoms with Crippen molar-refractivity contribution in [3.8, 4) is 0 Å². The number of nitrogens with two attached hydrogens (primary N) is 4. The van der Waals surface area contributed by atoms with Crippen molar-refractivity contribution in [2.45, 2.75) is 45.2 Å². The summed E-state index contributed by atoms with van der Waals surface area (Å²) in [6.07, 6.45) is 1.74. The van der Waals surface area contributed by atoms with Crippen LogP contribution in [0.5, 0.6) is 0 Å². The molecule has 0 bridgehead atoms. The number of rotatable bonds is 10. The van der Waals surface area contributed by atoms with Crippen LogP contribution in [0.25, 0.3) is 0 Å². The first-order chi connectivity index (χ1) is 11.1. The van der Waals surface area contributed by atoms with Gasteiger partial charge in [0.1, 0.15) is 0 Å². The van der Waals surface area contributed by atoms with E-state index in [9.17, 15) is 19.8 Å². The van der Waals surface area contributed by atoms with Crippen LogP contribution in [-0.2, 0) is 30.0 Å². The molecule has 12 N–H and O–H groups in total. The molecule has 0 saturated heterocycles. The molecule has 2 atom stereocenters. The maximum absolute atomic E-state index is 10.1. The Morgan fingerprint density at radius 2 is 1.12 bits per heavy atom. The molecule has 0 aromatic heterocycles. The second-order valence-corrected chi connectivity index (χ2v) is 4.82. The second-order valence-electron chi connectivity index (χ2n) is 4.82. The van der Waals surface area contributed by atoms with Gasteiger partial charge in [-0.2, -0.15) is 0 Å². The van der Waals surface area contributed by atoms with Crippen molar-refractivity contribution in [1.29, 1.82) is 10.8 Å². The molecule has 0 unspecified atom stereocenters. The number of carboxylic acid groups (broad SMARTS) is 2.